The smallest absolute Gasteiger partial charge is 0.254 e. The molecule has 1 aromatic rings. The Morgan fingerprint density at radius 2 is 2.32 bits per heavy atom. The summed E-state index contributed by atoms with van der Waals surface area (Å²) in [6.07, 6.45) is 5.51. The normalized spacial score (nSPS) is 25.1. The van der Waals surface area contributed by atoms with Gasteiger partial charge in [0.2, 0.25) is 0 Å². The zero-order valence-electron chi connectivity index (χ0n) is 11.2. The van der Waals surface area contributed by atoms with Gasteiger partial charge in [-0.25, -0.2) is 4.98 Å². The lowest BCUT2D eigenvalue weighted by molar-refractivity contribution is 0.0703. The van der Waals surface area contributed by atoms with E-state index in [1.54, 1.807) is 6.07 Å². The molecule has 1 aliphatic carbocycles. The molecule has 2 atom stereocenters. The molecular formula is C15H19ClN2O. The molecule has 3 nitrogen and oxygen atoms in total. The maximum Gasteiger partial charge on any atom is 0.254 e. The summed E-state index contributed by atoms with van der Waals surface area (Å²) in [6.45, 7) is 3.02. The lowest BCUT2D eigenvalue weighted by Crippen LogP contribution is -2.37. The number of halogens is 1. The van der Waals surface area contributed by atoms with Gasteiger partial charge in [0.05, 0.1) is 0 Å². The number of aromatic nitrogens is 1. The number of piperidine rings is 1. The van der Waals surface area contributed by atoms with Crippen LogP contribution in [0.1, 0.15) is 48.7 Å². The van der Waals surface area contributed by atoms with E-state index in [2.05, 4.69) is 11.9 Å². The molecule has 0 N–H and O–H groups in total. The second kappa shape index (κ2) is 5.12. The summed E-state index contributed by atoms with van der Waals surface area (Å²) in [5, 5.41) is 0.429. The van der Waals surface area contributed by atoms with Gasteiger partial charge in [0, 0.05) is 23.8 Å². The Morgan fingerprint density at radius 1 is 1.47 bits per heavy atom. The highest BCUT2D eigenvalue weighted by Crippen LogP contribution is 2.38. The summed E-state index contributed by atoms with van der Waals surface area (Å²) >= 11 is 6.03. The number of rotatable bonds is 3. The predicted molar refractivity (Wildman–Crippen MR) is 75.4 cm³/mol. The first-order valence-corrected chi connectivity index (χ1v) is 7.52. The molecule has 19 heavy (non-hydrogen) atoms. The Balaban J connectivity index is 1.83. The van der Waals surface area contributed by atoms with Crippen molar-refractivity contribution in [2.75, 3.05) is 6.54 Å². The van der Waals surface area contributed by atoms with Crippen LogP contribution in [0.25, 0.3) is 0 Å². The third-order valence-electron chi connectivity index (χ3n) is 4.27. The number of pyridine rings is 1. The first-order chi connectivity index (χ1) is 9.17. The van der Waals surface area contributed by atoms with Crippen molar-refractivity contribution in [3.63, 3.8) is 0 Å². The molecule has 0 radical (unpaired) electrons. The molecule has 1 saturated heterocycles. The van der Waals surface area contributed by atoms with E-state index in [9.17, 15) is 4.79 Å². The van der Waals surface area contributed by atoms with Gasteiger partial charge < -0.3 is 4.90 Å². The molecule has 2 bridgehead atoms. The third-order valence-corrected chi connectivity index (χ3v) is 4.46. The van der Waals surface area contributed by atoms with E-state index in [4.69, 9.17) is 11.6 Å². The van der Waals surface area contributed by atoms with Crippen molar-refractivity contribution in [2.45, 2.75) is 45.1 Å². The van der Waals surface area contributed by atoms with Gasteiger partial charge >= 0.3 is 0 Å². The van der Waals surface area contributed by atoms with Crippen molar-refractivity contribution < 1.29 is 4.79 Å². The largest absolute Gasteiger partial charge is 0.335 e. The Hall–Kier alpha value is -1.09. The number of likely N-dealkylation sites (tertiary alicyclic amines) is 1. The number of aryl methyl sites for hydroxylation is 1. The second-order valence-corrected chi connectivity index (χ2v) is 6.10. The number of hydrogen-bond donors (Lipinski definition) is 0. The van der Waals surface area contributed by atoms with Gasteiger partial charge in [0.25, 0.3) is 5.91 Å². The number of carbonyl (C=O) groups is 1. The predicted octanol–water partition coefficient (Wildman–Crippen LogP) is 3.31. The Morgan fingerprint density at radius 3 is 2.95 bits per heavy atom. The molecule has 2 fully saturated rings. The Kier molecular flexibility index (Phi) is 3.48. The van der Waals surface area contributed by atoms with Crippen LogP contribution in [0.3, 0.4) is 0 Å². The number of hydrogen-bond acceptors (Lipinski definition) is 2. The lowest BCUT2D eigenvalue weighted by Gasteiger charge is -2.27. The highest BCUT2D eigenvalue weighted by atomic mass is 35.5. The van der Waals surface area contributed by atoms with Gasteiger partial charge in [-0.3, -0.25) is 4.79 Å². The molecule has 1 aromatic heterocycles. The van der Waals surface area contributed by atoms with Crippen molar-refractivity contribution in [3.05, 3.63) is 28.5 Å². The number of carbonyl (C=O) groups excluding carboxylic acids is 1. The average molecular weight is 279 g/mol. The molecule has 3 rings (SSSR count). The second-order valence-electron chi connectivity index (χ2n) is 5.71. The van der Waals surface area contributed by atoms with E-state index >= 15 is 0 Å². The van der Waals surface area contributed by atoms with Crippen LogP contribution in [-0.4, -0.2) is 28.4 Å². The quantitative estimate of drug-likeness (QED) is 0.795. The molecule has 4 heteroatoms. The minimum absolute atomic E-state index is 0.133. The van der Waals surface area contributed by atoms with Gasteiger partial charge in [0.15, 0.2) is 0 Å². The molecule has 1 amide bonds. The van der Waals surface area contributed by atoms with Crippen LogP contribution >= 0.6 is 11.6 Å². The minimum atomic E-state index is 0.133. The van der Waals surface area contributed by atoms with Gasteiger partial charge in [-0.2, -0.15) is 0 Å². The van der Waals surface area contributed by atoms with Gasteiger partial charge in [-0.05, 0) is 43.7 Å². The maximum absolute atomic E-state index is 12.6. The van der Waals surface area contributed by atoms with Crippen LogP contribution in [0.15, 0.2) is 12.1 Å². The van der Waals surface area contributed by atoms with Crippen LogP contribution in [0, 0.1) is 5.92 Å². The molecule has 0 spiro atoms. The summed E-state index contributed by atoms with van der Waals surface area (Å²) in [4.78, 5) is 18.9. The van der Waals surface area contributed by atoms with Crippen LogP contribution < -0.4 is 0 Å². The SMILES string of the molecule is CCCc1cc(C(=O)N2CC3CCC2C3)cc(Cl)n1. The summed E-state index contributed by atoms with van der Waals surface area (Å²) in [5.74, 6) is 0.857. The highest BCUT2D eigenvalue weighted by molar-refractivity contribution is 6.29. The zero-order chi connectivity index (χ0) is 13.4. The van der Waals surface area contributed by atoms with E-state index in [1.807, 2.05) is 11.0 Å². The van der Waals surface area contributed by atoms with Gasteiger partial charge in [-0.15, -0.1) is 0 Å². The first-order valence-electron chi connectivity index (χ1n) is 7.14. The van der Waals surface area contributed by atoms with Crippen molar-refractivity contribution >= 4 is 17.5 Å². The molecule has 1 aliphatic heterocycles. The summed E-state index contributed by atoms with van der Waals surface area (Å²) in [7, 11) is 0. The zero-order valence-corrected chi connectivity index (χ0v) is 12.0. The van der Waals surface area contributed by atoms with Gasteiger partial charge in [0.1, 0.15) is 5.15 Å². The fourth-order valence-corrected chi connectivity index (χ4v) is 3.62. The molecule has 2 heterocycles. The van der Waals surface area contributed by atoms with Crippen molar-refractivity contribution in [1.82, 2.24) is 9.88 Å². The fourth-order valence-electron chi connectivity index (χ4n) is 3.40. The monoisotopic (exact) mass is 278 g/mol. The van der Waals surface area contributed by atoms with Gasteiger partial charge in [-0.1, -0.05) is 24.9 Å². The average Bonchev–Trinajstić information content (AvgIpc) is 2.99. The molecular weight excluding hydrogens is 260 g/mol. The highest BCUT2D eigenvalue weighted by Gasteiger charge is 2.40. The van der Waals surface area contributed by atoms with Crippen molar-refractivity contribution in [3.8, 4) is 0 Å². The standard InChI is InChI=1S/C15H19ClN2O/c1-2-3-12-7-11(8-14(16)17-12)15(19)18-9-10-4-5-13(18)6-10/h7-8,10,13H,2-6,9H2,1H3. The van der Waals surface area contributed by atoms with Crippen LogP contribution in [0.2, 0.25) is 5.15 Å². The van der Waals surface area contributed by atoms with E-state index in [-0.39, 0.29) is 5.91 Å². The number of fused-ring (bicyclic) bond motifs is 2. The maximum atomic E-state index is 12.6. The summed E-state index contributed by atoms with van der Waals surface area (Å²) < 4.78 is 0. The van der Waals surface area contributed by atoms with E-state index in [1.165, 1.54) is 12.8 Å². The third kappa shape index (κ3) is 2.48. The van der Waals surface area contributed by atoms with Crippen LogP contribution in [-0.2, 0) is 6.42 Å². The first kappa shape index (κ1) is 12.9. The molecule has 2 aliphatic rings. The Bertz CT molecular complexity index is 503. The van der Waals surface area contributed by atoms with Crippen LogP contribution in [0.5, 0.6) is 0 Å². The molecule has 1 saturated carbocycles. The van der Waals surface area contributed by atoms with Crippen molar-refractivity contribution in [2.24, 2.45) is 5.92 Å². The van der Waals surface area contributed by atoms with E-state index in [0.717, 1.165) is 37.4 Å². The van der Waals surface area contributed by atoms with E-state index in [0.29, 0.717) is 16.8 Å². The van der Waals surface area contributed by atoms with E-state index < -0.39 is 0 Å². The minimum Gasteiger partial charge on any atom is -0.335 e. The van der Waals surface area contributed by atoms with Crippen molar-refractivity contribution in [1.29, 1.82) is 0 Å². The summed E-state index contributed by atoms with van der Waals surface area (Å²) in [6, 6.07) is 4.07. The topological polar surface area (TPSA) is 33.2 Å². The molecule has 0 aromatic carbocycles. The molecule has 2 unspecified atom stereocenters. The number of nitrogens with zero attached hydrogens (tertiary/aromatic N) is 2. The van der Waals surface area contributed by atoms with Crippen LogP contribution in [0.4, 0.5) is 0 Å². The molecule has 102 valence electrons. The summed E-state index contributed by atoms with van der Waals surface area (Å²) in [5.41, 5.74) is 1.62. The number of amides is 1. The Labute approximate surface area is 119 Å². The fraction of sp³-hybridized carbons (Fsp3) is 0.600. The lowest BCUT2D eigenvalue weighted by atomic mass is 10.1.